The molecule has 0 aliphatic carbocycles. The number of methoxy groups -OCH3 is 2. The minimum Gasteiger partial charge on any atom is -0.419 e. The number of halogens is 1. The molecule has 0 saturated carbocycles. The van der Waals surface area contributed by atoms with Crippen molar-refractivity contribution in [3.63, 3.8) is 0 Å². The molecule has 0 atom stereocenters. The first kappa shape index (κ1) is 17.9. The first-order valence-corrected chi connectivity index (χ1v) is 7.06. The van der Waals surface area contributed by atoms with E-state index >= 15 is 0 Å². The van der Waals surface area contributed by atoms with Gasteiger partial charge in [0.1, 0.15) is 5.82 Å². The smallest absolute Gasteiger partial charge is 0.350 e. The van der Waals surface area contributed by atoms with Gasteiger partial charge < -0.3 is 24.3 Å². The summed E-state index contributed by atoms with van der Waals surface area (Å²) in [6.07, 6.45) is 0.347. The van der Waals surface area contributed by atoms with E-state index in [0.717, 1.165) is 6.20 Å². The van der Waals surface area contributed by atoms with Crippen LogP contribution in [0, 0.1) is 5.82 Å². The van der Waals surface area contributed by atoms with Crippen LogP contribution in [0.4, 0.5) is 10.1 Å². The summed E-state index contributed by atoms with van der Waals surface area (Å²) in [5.74, 6) is -3.63. The van der Waals surface area contributed by atoms with Crippen molar-refractivity contribution >= 4 is 17.6 Å². The van der Waals surface area contributed by atoms with Crippen molar-refractivity contribution < 1.29 is 32.9 Å². The van der Waals surface area contributed by atoms with Crippen LogP contribution in [0.3, 0.4) is 0 Å². The fourth-order valence-corrected chi connectivity index (χ4v) is 2.09. The lowest BCUT2D eigenvalue weighted by Gasteiger charge is -2.29. The van der Waals surface area contributed by atoms with Crippen LogP contribution in [0.5, 0.6) is 0 Å². The van der Waals surface area contributed by atoms with Gasteiger partial charge in [0.05, 0.1) is 5.69 Å². The zero-order valence-corrected chi connectivity index (χ0v) is 13.7. The highest BCUT2D eigenvalue weighted by molar-refractivity contribution is 6.15. The molecule has 1 aliphatic rings. The Kier molecular flexibility index (Phi) is 5.20. The maximum absolute atomic E-state index is 14.1. The van der Waals surface area contributed by atoms with Gasteiger partial charge in [-0.1, -0.05) is 6.07 Å². The Balaban J connectivity index is 2.17. The van der Waals surface area contributed by atoms with Crippen LogP contribution in [0.15, 0.2) is 30.0 Å². The molecular formula is C16H18FNO6. The third-order valence-electron chi connectivity index (χ3n) is 3.18. The summed E-state index contributed by atoms with van der Waals surface area (Å²) in [7, 11) is 2.87. The van der Waals surface area contributed by atoms with Crippen molar-refractivity contribution in [3.8, 4) is 0 Å². The molecule has 0 unspecified atom stereocenters. The van der Waals surface area contributed by atoms with E-state index in [4.69, 9.17) is 18.9 Å². The van der Waals surface area contributed by atoms with Gasteiger partial charge in [0.25, 0.3) is 5.79 Å². The van der Waals surface area contributed by atoms with Crippen LogP contribution in [0.2, 0.25) is 0 Å². The summed E-state index contributed by atoms with van der Waals surface area (Å²) in [5.41, 5.74) is 0.182. The van der Waals surface area contributed by atoms with Crippen molar-refractivity contribution in [1.82, 2.24) is 0 Å². The summed E-state index contributed by atoms with van der Waals surface area (Å²) in [4.78, 5) is 23.6. The number of carbonyl (C=O) groups is 2. The van der Waals surface area contributed by atoms with Gasteiger partial charge in [-0.2, -0.15) is 0 Å². The average Bonchev–Trinajstić information content (AvgIpc) is 2.48. The molecule has 0 spiro atoms. The number of hydrogen-bond acceptors (Lipinski definition) is 7. The number of benzene rings is 1. The predicted octanol–water partition coefficient (Wildman–Crippen LogP) is 2.25. The molecule has 1 fully saturated rings. The van der Waals surface area contributed by atoms with Gasteiger partial charge in [-0.05, 0) is 12.1 Å². The summed E-state index contributed by atoms with van der Waals surface area (Å²) < 4.78 is 34.1. The van der Waals surface area contributed by atoms with E-state index in [-0.39, 0.29) is 11.3 Å². The molecule has 0 radical (unpaired) electrons. The number of carbonyl (C=O) groups excluding carboxylic acids is 2. The van der Waals surface area contributed by atoms with E-state index < -0.39 is 29.8 Å². The van der Waals surface area contributed by atoms with Crippen molar-refractivity contribution in [2.75, 3.05) is 19.5 Å². The molecule has 0 amide bonds. The molecule has 8 heteroatoms. The quantitative estimate of drug-likeness (QED) is 0.381. The minimum absolute atomic E-state index is 0.0580. The minimum atomic E-state index is -1.33. The molecule has 1 N–H and O–H groups in total. The van der Waals surface area contributed by atoms with E-state index in [1.165, 1.54) is 40.2 Å². The van der Waals surface area contributed by atoms with Gasteiger partial charge in [0.15, 0.2) is 11.9 Å². The lowest BCUT2D eigenvalue weighted by Crippen LogP contribution is -2.42. The van der Waals surface area contributed by atoms with Gasteiger partial charge in [0.2, 0.25) is 0 Å². The largest absolute Gasteiger partial charge is 0.419 e. The zero-order valence-electron chi connectivity index (χ0n) is 13.7. The van der Waals surface area contributed by atoms with Gasteiger partial charge >= 0.3 is 11.9 Å². The lowest BCUT2D eigenvalue weighted by molar-refractivity contribution is -0.222. The van der Waals surface area contributed by atoms with E-state index in [0.29, 0.717) is 5.56 Å². The number of cyclic esters (lactones) is 2. The monoisotopic (exact) mass is 339 g/mol. The molecule has 1 aromatic rings. The van der Waals surface area contributed by atoms with Crippen LogP contribution in [-0.2, 0) is 28.5 Å². The Labute approximate surface area is 138 Å². The second kappa shape index (κ2) is 6.98. The molecule has 1 saturated heterocycles. The second-order valence-electron chi connectivity index (χ2n) is 5.42. The van der Waals surface area contributed by atoms with Crippen molar-refractivity contribution in [2.45, 2.75) is 25.9 Å². The highest BCUT2D eigenvalue weighted by Crippen LogP contribution is 2.25. The Morgan fingerprint density at radius 3 is 2.25 bits per heavy atom. The topological polar surface area (TPSA) is 83.1 Å². The van der Waals surface area contributed by atoms with Crippen LogP contribution >= 0.6 is 0 Å². The highest BCUT2D eigenvalue weighted by Gasteiger charge is 2.38. The molecule has 1 aliphatic heterocycles. The van der Waals surface area contributed by atoms with Crippen LogP contribution in [0.1, 0.15) is 25.7 Å². The first-order valence-electron chi connectivity index (χ1n) is 7.06. The Hall–Kier alpha value is -2.45. The number of anilines is 1. The van der Waals surface area contributed by atoms with Gasteiger partial charge in [0, 0.05) is 39.8 Å². The summed E-state index contributed by atoms with van der Waals surface area (Å²) in [6.45, 7) is 2.88. The molecule has 130 valence electrons. The maximum Gasteiger partial charge on any atom is 0.350 e. The van der Waals surface area contributed by atoms with Crippen LogP contribution in [-0.4, -0.2) is 31.9 Å². The average molecular weight is 339 g/mol. The van der Waals surface area contributed by atoms with Crippen molar-refractivity contribution in [2.24, 2.45) is 0 Å². The van der Waals surface area contributed by atoms with Gasteiger partial charge in [-0.15, -0.1) is 0 Å². The number of esters is 2. The first-order chi connectivity index (χ1) is 11.3. The summed E-state index contributed by atoms with van der Waals surface area (Å²) in [5, 5.41) is 2.55. The van der Waals surface area contributed by atoms with Crippen LogP contribution < -0.4 is 5.32 Å². The predicted molar refractivity (Wildman–Crippen MR) is 81.1 cm³/mol. The zero-order chi connectivity index (χ0) is 17.9. The third kappa shape index (κ3) is 3.90. The van der Waals surface area contributed by atoms with Gasteiger partial charge in [-0.3, -0.25) is 0 Å². The molecule has 0 bridgehead atoms. The molecule has 1 aromatic carbocycles. The van der Waals surface area contributed by atoms with E-state index in [2.05, 4.69) is 5.32 Å². The fraction of sp³-hybridized carbons (Fsp3) is 0.375. The van der Waals surface area contributed by atoms with Gasteiger partial charge in [-0.25, -0.2) is 14.0 Å². The second-order valence-corrected chi connectivity index (χ2v) is 5.42. The molecule has 0 aromatic heterocycles. The standard InChI is InChI=1S/C16H18FNO6/c1-16(2)23-13(19)10(14(20)24-16)8-18-12-6-5-9(7-11(12)17)15(21-3)22-4/h5-8,15,18H,1-4H3. The normalized spacial score (nSPS) is 16.7. The van der Waals surface area contributed by atoms with Crippen molar-refractivity contribution in [1.29, 1.82) is 0 Å². The molecule has 24 heavy (non-hydrogen) atoms. The Morgan fingerprint density at radius 2 is 1.75 bits per heavy atom. The number of rotatable bonds is 5. The van der Waals surface area contributed by atoms with Crippen LogP contribution in [0.25, 0.3) is 0 Å². The van der Waals surface area contributed by atoms with E-state index in [1.807, 2.05) is 0 Å². The maximum atomic E-state index is 14.1. The van der Waals surface area contributed by atoms with E-state index in [1.54, 1.807) is 6.07 Å². The number of nitrogens with one attached hydrogen (secondary N) is 1. The van der Waals surface area contributed by atoms with Crippen molar-refractivity contribution in [3.05, 3.63) is 41.4 Å². The van der Waals surface area contributed by atoms with E-state index in [9.17, 15) is 14.0 Å². The molecular weight excluding hydrogens is 321 g/mol. The number of ether oxygens (including phenoxy) is 4. The third-order valence-corrected chi connectivity index (χ3v) is 3.18. The summed E-state index contributed by atoms with van der Waals surface area (Å²) in [6, 6.07) is 4.23. The Morgan fingerprint density at radius 1 is 1.17 bits per heavy atom. The number of hydrogen-bond donors (Lipinski definition) is 1. The highest BCUT2D eigenvalue weighted by atomic mass is 19.1. The fourth-order valence-electron chi connectivity index (χ4n) is 2.09. The molecule has 1 heterocycles. The molecule has 7 nitrogen and oxygen atoms in total. The Bertz CT molecular complexity index is 659. The summed E-state index contributed by atoms with van der Waals surface area (Å²) >= 11 is 0. The SMILES string of the molecule is COC(OC)c1ccc(NC=C2C(=O)OC(C)(C)OC2=O)c(F)c1. The lowest BCUT2D eigenvalue weighted by atomic mass is 10.2. The molecule has 2 rings (SSSR count).